The molecule has 104 valence electrons. The number of rotatable bonds is 4. The summed E-state index contributed by atoms with van der Waals surface area (Å²) in [4.78, 5) is 12.2. The van der Waals surface area contributed by atoms with E-state index in [1.54, 1.807) is 0 Å². The fraction of sp³-hybridized carbons (Fsp3) is 0.562. The Bertz CT molecular complexity index is 438. The highest BCUT2D eigenvalue weighted by molar-refractivity contribution is 6.18. The van der Waals surface area contributed by atoms with Gasteiger partial charge in [-0.25, -0.2) is 0 Å². The Morgan fingerprint density at radius 2 is 2.05 bits per heavy atom. The first-order valence-corrected chi connectivity index (χ1v) is 7.60. The summed E-state index contributed by atoms with van der Waals surface area (Å²) in [6.45, 7) is 2.04. The molecule has 2 nitrogen and oxygen atoms in total. The van der Waals surface area contributed by atoms with Crippen LogP contribution in [0.15, 0.2) is 24.3 Å². The van der Waals surface area contributed by atoms with Crippen LogP contribution in [0.25, 0.3) is 0 Å². The summed E-state index contributed by atoms with van der Waals surface area (Å²) < 4.78 is 0. The van der Waals surface area contributed by atoms with Crippen LogP contribution in [0, 0.1) is 6.92 Å². The molecule has 1 aromatic rings. The molecule has 1 aromatic carbocycles. The minimum atomic E-state index is -0.166. The van der Waals surface area contributed by atoms with Gasteiger partial charge in [-0.1, -0.05) is 49.1 Å². The molecule has 0 atom stereocenters. The molecule has 0 radical (unpaired) electrons. The van der Waals surface area contributed by atoms with Crippen LogP contribution in [0.4, 0.5) is 0 Å². The molecule has 1 amide bonds. The van der Waals surface area contributed by atoms with Crippen LogP contribution in [0.3, 0.4) is 0 Å². The maximum absolute atomic E-state index is 12.2. The molecule has 0 aliphatic heterocycles. The van der Waals surface area contributed by atoms with Gasteiger partial charge in [-0.2, -0.15) is 0 Å². The second kappa shape index (κ2) is 6.42. The van der Waals surface area contributed by atoms with Gasteiger partial charge >= 0.3 is 0 Å². The molecule has 0 aromatic heterocycles. The molecule has 0 heterocycles. The Hall–Kier alpha value is -1.02. The normalized spacial score (nSPS) is 18.0. The highest BCUT2D eigenvalue weighted by Gasteiger charge is 2.32. The predicted octanol–water partition coefficient (Wildman–Crippen LogP) is 3.60. The molecule has 19 heavy (non-hydrogen) atoms. The van der Waals surface area contributed by atoms with Crippen LogP contribution < -0.4 is 5.32 Å². The molecule has 0 bridgehead atoms. The molecular weight excluding hydrogens is 258 g/mol. The maximum atomic E-state index is 12.2. The van der Waals surface area contributed by atoms with Crippen LogP contribution >= 0.6 is 11.6 Å². The van der Waals surface area contributed by atoms with Crippen molar-refractivity contribution in [2.45, 2.75) is 51.0 Å². The molecular formula is C16H22ClNO. The van der Waals surface area contributed by atoms with E-state index < -0.39 is 0 Å². The fourth-order valence-corrected chi connectivity index (χ4v) is 3.20. The zero-order chi connectivity index (χ0) is 13.7. The lowest BCUT2D eigenvalue weighted by Gasteiger charge is -2.36. The number of alkyl halides is 1. The molecule has 2 rings (SSSR count). The number of hydrogen-bond acceptors (Lipinski definition) is 1. The van der Waals surface area contributed by atoms with Crippen molar-refractivity contribution in [2.75, 3.05) is 5.88 Å². The number of carbonyl (C=O) groups excluding carboxylic acids is 1. The third-order valence-electron chi connectivity index (χ3n) is 3.92. The molecule has 0 spiro atoms. The van der Waals surface area contributed by atoms with Gasteiger partial charge in [-0.15, -0.1) is 11.6 Å². The van der Waals surface area contributed by atoms with E-state index in [1.165, 1.54) is 12.0 Å². The van der Waals surface area contributed by atoms with Crippen LogP contribution in [0.2, 0.25) is 0 Å². The van der Waals surface area contributed by atoms with E-state index in [-0.39, 0.29) is 11.4 Å². The number of halogens is 1. The summed E-state index contributed by atoms with van der Waals surface area (Å²) in [6.07, 6.45) is 6.05. The lowest BCUT2D eigenvalue weighted by atomic mass is 9.83. The quantitative estimate of drug-likeness (QED) is 0.839. The van der Waals surface area contributed by atoms with Crippen molar-refractivity contribution in [3.05, 3.63) is 35.4 Å². The summed E-state index contributed by atoms with van der Waals surface area (Å²) in [6, 6.07) is 8.10. The van der Waals surface area contributed by atoms with Gasteiger partial charge in [0.25, 0.3) is 0 Å². The van der Waals surface area contributed by atoms with Crippen LogP contribution in [-0.2, 0) is 11.2 Å². The molecule has 0 saturated heterocycles. The minimum absolute atomic E-state index is 0.0909. The first kappa shape index (κ1) is 14.4. The number of hydrogen-bond donors (Lipinski definition) is 1. The third kappa shape index (κ3) is 3.97. The topological polar surface area (TPSA) is 29.1 Å². The van der Waals surface area contributed by atoms with Gasteiger partial charge in [-0.3, -0.25) is 4.79 Å². The van der Waals surface area contributed by atoms with Gasteiger partial charge in [0.15, 0.2) is 0 Å². The van der Waals surface area contributed by atoms with Crippen molar-refractivity contribution in [1.29, 1.82) is 0 Å². The van der Waals surface area contributed by atoms with Gasteiger partial charge in [0, 0.05) is 5.88 Å². The Labute approximate surface area is 120 Å². The van der Waals surface area contributed by atoms with Crippen LogP contribution in [-0.4, -0.2) is 17.3 Å². The maximum Gasteiger partial charge on any atom is 0.224 e. The molecule has 1 saturated carbocycles. The van der Waals surface area contributed by atoms with Crippen molar-refractivity contribution >= 4 is 17.5 Å². The lowest BCUT2D eigenvalue weighted by Crippen LogP contribution is -2.51. The third-order valence-corrected chi connectivity index (χ3v) is 4.43. The van der Waals surface area contributed by atoms with Crippen molar-refractivity contribution in [3.8, 4) is 0 Å². The number of amides is 1. The molecule has 1 aliphatic rings. The van der Waals surface area contributed by atoms with E-state index in [1.807, 2.05) is 25.1 Å². The van der Waals surface area contributed by atoms with Gasteiger partial charge in [0.1, 0.15) is 0 Å². The van der Waals surface area contributed by atoms with Gasteiger partial charge in [0.2, 0.25) is 5.91 Å². The summed E-state index contributed by atoms with van der Waals surface area (Å²) in [5.41, 5.74) is 2.09. The van der Waals surface area contributed by atoms with E-state index in [9.17, 15) is 4.79 Å². The monoisotopic (exact) mass is 279 g/mol. The first-order valence-electron chi connectivity index (χ1n) is 7.06. The summed E-state index contributed by atoms with van der Waals surface area (Å²) in [5, 5.41) is 3.18. The summed E-state index contributed by atoms with van der Waals surface area (Å²) in [7, 11) is 0. The Morgan fingerprint density at radius 1 is 1.32 bits per heavy atom. The van der Waals surface area contributed by atoms with E-state index in [0.29, 0.717) is 12.3 Å². The highest BCUT2D eigenvalue weighted by Crippen LogP contribution is 2.29. The molecule has 1 aliphatic carbocycles. The Kier molecular flexibility index (Phi) is 4.87. The minimum Gasteiger partial charge on any atom is -0.349 e. The second-order valence-electron chi connectivity index (χ2n) is 5.69. The lowest BCUT2D eigenvalue weighted by molar-refractivity contribution is -0.122. The Morgan fingerprint density at radius 3 is 2.68 bits per heavy atom. The number of aryl methyl sites for hydroxylation is 1. The smallest absolute Gasteiger partial charge is 0.224 e. The van der Waals surface area contributed by atoms with Gasteiger partial charge < -0.3 is 5.32 Å². The zero-order valence-corrected chi connectivity index (χ0v) is 12.3. The van der Waals surface area contributed by atoms with Crippen molar-refractivity contribution in [2.24, 2.45) is 0 Å². The second-order valence-corrected chi connectivity index (χ2v) is 5.96. The zero-order valence-electron chi connectivity index (χ0n) is 11.5. The number of benzene rings is 1. The Balaban J connectivity index is 1.96. The van der Waals surface area contributed by atoms with Crippen molar-refractivity contribution in [1.82, 2.24) is 5.32 Å². The highest BCUT2D eigenvalue weighted by atomic mass is 35.5. The average molecular weight is 280 g/mol. The van der Waals surface area contributed by atoms with Crippen LogP contribution in [0.5, 0.6) is 0 Å². The fourth-order valence-electron chi connectivity index (χ4n) is 2.87. The standard InChI is InChI=1S/C16H22ClNO/c1-13-6-5-7-14(10-13)11-15(19)18-16(12-17)8-3-2-4-9-16/h5-7,10H,2-4,8-9,11-12H2,1H3,(H,18,19). The summed E-state index contributed by atoms with van der Waals surface area (Å²) >= 11 is 6.09. The molecule has 3 heteroatoms. The number of nitrogens with one attached hydrogen (secondary N) is 1. The SMILES string of the molecule is Cc1cccc(CC(=O)NC2(CCl)CCCCC2)c1. The van der Waals surface area contributed by atoms with Crippen molar-refractivity contribution in [3.63, 3.8) is 0 Å². The van der Waals surface area contributed by atoms with E-state index in [0.717, 1.165) is 31.2 Å². The van der Waals surface area contributed by atoms with Gasteiger partial charge in [0.05, 0.1) is 12.0 Å². The van der Waals surface area contributed by atoms with Gasteiger partial charge in [-0.05, 0) is 25.3 Å². The molecule has 0 unspecified atom stereocenters. The summed E-state index contributed by atoms with van der Waals surface area (Å²) in [5.74, 6) is 0.611. The van der Waals surface area contributed by atoms with Crippen molar-refractivity contribution < 1.29 is 4.79 Å². The van der Waals surface area contributed by atoms with E-state index in [4.69, 9.17) is 11.6 Å². The number of carbonyl (C=O) groups is 1. The molecule has 1 N–H and O–H groups in total. The van der Waals surface area contributed by atoms with E-state index >= 15 is 0 Å². The predicted molar refractivity (Wildman–Crippen MR) is 79.6 cm³/mol. The van der Waals surface area contributed by atoms with E-state index in [2.05, 4.69) is 11.4 Å². The average Bonchev–Trinajstić information content (AvgIpc) is 2.39. The van der Waals surface area contributed by atoms with Crippen LogP contribution in [0.1, 0.15) is 43.2 Å². The largest absolute Gasteiger partial charge is 0.349 e. The first-order chi connectivity index (χ1) is 9.13. The molecule has 1 fully saturated rings.